The lowest BCUT2D eigenvalue weighted by atomic mass is 9.97. The van der Waals surface area contributed by atoms with Gasteiger partial charge in [-0.2, -0.15) is 0 Å². The topological polar surface area (TPSA) is 12.5 Å². The average molecular weight is 207 g/mol. The zero-order valence-corrected chi connectivity index (χ0v) is 9.83. The summed E-state index contributed by atoms with van der Waals surface area (Å²) in [5, 5.41) is 0. The van der Waals surface area contributed by atoms with Crippen molar-refractivity contribution in [1.82, 2.24) is 4.90 Å². The predicted octanol–water partition coefficient (Wildman–Crippen LogP) is 2.37. The lowest BCUT2D eigenvalue weighted by Gasteiger charge is -2.32. The summed E-state index contributed by atoms with van der Waals surface area (Å²) in [6, 6.07) is 0.661. The Morgan fingerprint density at radius 1 is 1.27 bits per heavy atom. The SMILES string of the molecule is CC(C)N1CCC=C(C2=CCOCC2)C1. The summed E-state index contributed by atoms with van der Waals surface area (Å²) in [5.41, 5.74) is 3.06. The molecule has 0 bridgehead atoms. The Hall–Kier alpha value is -0.600. The van der Waals surface area contributed by atoms with E-state index in [0.29, 0.717) is 6.04 Å². The quantitative estimate of drug-likeness (QED) is 0.689. The fourth-order valence-electron chi connectivity index (χ4n) is 2.26. The summed E-state index contributed by atoms with van der Waals surface area (Å²) < 4.78 is 5.35. The van der Waals surface area contributed by atoms with Crippen molar-refractivity contribution in [2.45, 2.75) is 32.7 Å². The molecule has 0 radical (unpaired) electrons. The molecule has 2 heteroatoms. The largest absolute Gasteiger partial charge is 0.377 e. The lowest BCUT2D eigenvalue weighted by Crippen LogP contribution is -2.36. The van der Waals surface area contributed by atoms with Gasteiger partial charge >= 0.3 is 0 Å². The van der Waals surface area contributed by atoms with Gasteiger partial charge in [-0.15, -0.1) is 0 Å². The van der Waals surface area contributed by atoms with Crippen molar-refractivity contribution in [2.75, 3.05) is 26.3 Å². The maximum absolute atomic E-state index is 5.35. The Kier molecular flexibility index (Phi) is 3.60. The number of hydrogen-bond donors (Lipinski definition) is 0. The van der Waals surface area contributed by atoms with E-state index in [0.717, 1.165) is 26.2 Å². The summed E-state index contributed by atoms with van der Waals surface area (Å²) >= 11 is 0. The third kappa shape index (κ3) is 2.70. The molecule has 0 aromatic carbocycles. The van der Waals surface area contributed by atoms with Crippen molar-refractivity contribution in [3.63, 3.8) is 0 Å². The number of nitrogens with zero attached hydrogens (tertiary/aromatic N) is 1. The molecule has 84 valence electrons. The molecule has 2 aliphatic rings. The molecule has 15 heavy (non-hydrogen) atoms. The first kappa shape index (κ1) is 10.9. The number of ether oxygens (including phenoxy) is 1. The molecule has 0 unspecified atom stereocenters. The van der Waals surface area contributed by atoms with Gasteiger partial charge in [-0.25, -0.2) is 0 Å². The van der Waals surface area contributed by atoms with Gasteiger partial charge in [-0.3, -0.25) is 4.90 Å². The zero-order chi connectivity index (χ0) is 10.7. The van der Waals surface area contributed by atoms with Gasteiger partial charge in [0.05, 0.1) is 13.2 Å². The molecule has 2 rings (SSSR count). The summed E-state index contributed by atoms with van der Waals surface area (Å²) in [7, 11) is 0. The van der Waals surface area contributed by atoms with Crippen LogP contribution >= 0.6 is 0 Å². The molecule has 0 saturated heterocycles. The maximum atomic E-state index is 5.35. The van der Waals surface area contributed by atoms with Crippen molar-refractivity contribution in [3.05, 3.63) is 23.3 Å². The Bertz CT molecular complexity index is 278. The molecule has 0 aromatic rings. The number of hydrogen-bond acceptors (Lipinski definition) is 2. The highest BCUT2D eigenvalue weighted by molar-refractivity contribution is 5.34. The van der Waals surface area contributed by atoms with Crippen molar-refractivity contribution in [3.8, 4) is 0 Å². The molecule has 2 aliphatic heterocycles. The van der Waals surface area contributed by atoms with Crippen molar-refractivity contribution in [2.24, 2.45) is 0 Å². The third-order valence-electron chi connectivity index (χ3n) is 3.29. The maximum Gasteiger partial charge on any atom is 0.0653 e. The van der Waals surface area contributed by atoms with Crippen molar-refractivity contribution < 1.29 is 4.74 Å². The standard InChI is InChI=1S/C13H21NO/c1-11(2)14-7-3-4-13(10-14)12-5-8-15-9-6-12/h4-5,11H,3,6-10H2,1-2H3. The molecule has 0 atom stereocenters. The molecule has 2 nitrogen and oxygen atoms in total. The van der Waals surface area contributed by atoms with Crippen LogP contribution in [0.1, 0.15) is 26.7 Å². The van der Waals surface area contributed by atoms with E-state index in [-0.39, 0.29) is 0 Å². The van der Waals surface area contributed by atoms with Crippen LogP contribution in [0.5, 0.6) is 0 Å². The van der Waals surface area contributed by atoms with Gasteiger partial charge in [-0.1, -0.05) is 12.2 Å². The molecule has 2 heterocycles. The van der Waals surface area contributed by atoms with E-state index in [2.05, 4.69) is 30.9 Å². The molecular weight excluding hydrogens is 186 g/mol. The summed E-state index contributed by atoms with van der Waals surface area (Å²) in [6.45, 7) is 8.59. The highest BCUT2D eigenvalue weighted by Gasteiger charge is 2.18. The summed E-state index contributed by atoms with van der Waals surface area (Å²) in [5.74, 6) is 0. The number of rotatable bonds is 2. The first-order chi connectivity index (χ1) is 7.27. The average Bonchev–Trinajstić information content (AvgIpc) is 2.30. The van der Waals surface area contributed by atoms with Crippen LogP contribution in [-0.2, 0) is 4.74 Å². The minimum Gasteiger partial charge on any atom is -0.377 e. The van der Waals surface area contributed by atoms with Crippen LogP contribution in [-0.4, -0.2) is 37.2 Å². The fourth-order valence-corrected chi connectivity index (χ4v) is 2.26. The van der Waals surface area contributed by atoms with Crippen LogP contribution in [0.4, 0.5) is 0 Å². The van der Waals surface area contributed by atoms with Gasteiger partial charge in [0.2, 0.25) is 0 Å². The second kappa shape index (κ2) is 4.95. The van der Waals surface area contributed by atoms with E-state index in [4.69, 9.17) is 4.74 Å². The Morgan fingerprint density at radius 3 is 2.80 bits per heavy atom. The minimum absolute atomic E-state index is 0.661. The van der Waals surface area contributed by atoms with Gasteiger partial charge in [-0.05, 0) is 37.8 Å². The van der Waals surface area contributed by atoms with E-state index in [1.165, 1.54) is 18.5 Å². The minimum atomic E-state index is 0.661. The second-order valence-corrected chi connectivity index (χ2v) is 4.64. The predicted molar refractivity (Wildman–Crippen MR) is 62.9 cm³/mol. The van der Waals surface area contributed by atoms with Crippen LogP contribution < -0.4 is 0 Å². The van der Waals surface area contributed by atoms with Gasteiger partial charge in [0.1, 0.15) is 0 Å². The van der Waals surface area contributed by atoms with Gasteiger partial charge in [0.25, 0.3) is 0 Å². The van der Waals surface area contributed by atoms with E-state index >= 15 is 0 Å². The second-order valence-electron chi connectivity index (χ2n) is 4.64. The van der Waals surface area contributed by atoms with Crippen LogP contribution in [0, 0.1) is 0 Å². The van der Waals surface area contributed by atoms with E-state index < -0.39 is 0 Å². The molecular formula is C13H21NO. The van der Waals surface area contributed by atoms with Crippen LogP contribution in [0.15, 0.2) is 23.3 Å². The van der Waals surface area contributed by atoms with E-state index in [9.17, 15) is 0 Å². The zero-order valence-electron chi connectivity index (χ0n) is 9.83. The van der Waals surface area contributed by atoms with Gasteiger partial charge in [0, 0.05) is 19.1 Å². The molecule has 0 aromatic heterocycles. The monoisotopic (exact) mass is 207 g/mol. The van der Waals surface area contributed by atoms with Gasteiger partial charge in [0.15, 0.2) is 0 Å². The van der Waals surface area contributed by atoms with E-state index in [1.807, 2.05) is 0 Å². The molecule has 0 aliphatic carbocycles. The Balaban J connectivity index is 2.03. The Morgan fingerprint density at radius 2 is 2.13 bits per heavy atom. The van der Waals surface area contributed by atoms with Crippen LogP contribution in [0.25, 0.3) is 0 Å². The van der Waals surface area contributed by atoms with Crippen LogP contribution in [0.2, 0.25) is 0 Å². The first-order valence-electron chi connectivity index (χ1n) is 5.97. The fraction of sp³-hybridized carbons (Fsp3) is 0.692. The highest BCUT2D eigenvalue weighted by atomic mass is 16.5. The van der Waals surface area contributed by atoms with Gasteiger partial charge < -0.3 is 4.74 Å². The third-order valence-corrected chi connectivity index (χ3v) is 3.29. The summed E-state index contributed by atoms with van der Waals surface area (Å²) in [4.78, 5) is 2.55. The molecule has 0 saturated carbocycles. The smallest absolute Gasteiger partial charge is 0.0653 e. The first-order valence-corrected chi connectivity index (χ1v) is 5.97. The molecule has 0 spiro atoms. The summed E-state index contributed by atoms with van der Waals surface area (Å²) in [6.07, 6.45) is 6.96. The molecule has 0 N–H and O–H groups in total. The van der Waals surface area contributed by atoms with E-state index in [1.54, 1.807) is 5.57 Å². The molecule has 0 fully saturated rings. The van der Waals surface area contributed by atoms with Crippen molar-refractivity contribution >= 4 is 0 Å². The molecule has 0 amide bonds. The van der Waals surface area contributed by atoms with Crippen LogP contribution in [0.3, 0.4) is 0 Å². The normalized spacial score (nSPS) is 23.9. The highest BCUT2D eigenvalue weighted by Crippen LogP contribution is 2.23. The Labute approximate surface area is 92.6 Å². The van der Waals surface area contributed by atoms with Crippen molar-refractivity contribution in [1.29, 1.82) is 0 Å². The lowest BCUT2D eigenvalue weighted by molar-refractivity contribution is 0.154.